The molecule has 0 aliphatic carbocycles. The first-order chi connectivity index (χ1) is 13.3. The summed E-state index contributed by atoms with van der Waals surface area (Å²) in [6.07, 6.45) is 15.1. The van der Waals surface area contributed by atoms with E-state index in [1.54, 1.807) is 0 Å². The Morgan fingerprint density at radius 1 is 0.929 bits per heavy atom. The summed E-state index contributed by atoms with van der Waals surface area (Å²) in [6.45, 7) is 13.9. The van der Waals surface area contributed by atoms with Crippen LogP contribution >= 0.6 is 0 Å². The van der Waals surface area contributed by atoms with Gasteiger partial charge in [0.1, 0.15) is 0 Å². The minimum absolute atomic E-state index is 0.227. The topological polar surface area (TPSA) is 12.0 Å². The van der Waals surface area contributed by atoms with Crippen LogP contribution in [-0.2, 0) is 6.42 Å². The summed E-state index contributed by atoms with van der Waals surface area (Å²) in [5, 5.41) is 3.48. The molecule has 0 bridgehead atoms. The zero-order chi connectivity index (χ0) is 21.0. The Morgan fingerprint density at radius 2 is 1.57 bits per heavy atom. The van der Waals surface area contributed by atoms with E-state index < -0.39 is 0 Å². The lowest BCUT2D eigenvalue weighted by atomic mass is 9.82. The first kappa shape index (κ1) is 25.0. The molecular formula is C27H47N. The van der Waals surface area contributed by atoms with E-state index in [-0.39, 0.29) is 5.41 Å². The summed E-state index contributed by atoms with van der Waals surface area (Å²) < 4.78 is 0. The normalized spacial score (nSPS) is 15.7. The molecule has 1 rings (SSSR count). The van der Waals surface area contributed by atoms with Gasteiger partial charge in [-0.15, -0.1) is 0 Å². The second-order valence-electron chi connectivity index (χ2n) is 9.83. The fourth-order valence-electron chi connectivity index (χ4n) is 4.26. The highest BCUT2D eigenvalue weighted by Crippen LogP contribution is 2.32. The van der Waals surface area contributed by atoms with Gasteiger partial charge < -0.3 is 5.32 Å². The third-order valence-electron chi connectivity index (χ3n) is 6.06. The van der Waals surface area contributed by atoms with Crippen molar-refractivity contribution in [3.05, 3.63) is 47.5 Å². The van der Waals surface area contributed by atoms with Gasteiger partial charge in [0.05, 0.1) is 0 Å². The molecule has 0 fully saturated rings. The van der Waals surface area contributed by atoms with Crippen LogP contribution in [0.4, 0.5) is 0 Å². The molecule has 0 amide bonds. The average molecular weight is 386 g/mol. The molecule has 0 saturated heterocycles. The quantitative estimate of drug-likeness (QED) is 0.338. The van der Waals surface area contributed by atoms with Crippen LogP contribution in [0.25, 0.3) is 0 Å². The number of allylic oxidation sites excluding steroid dienone is 2. The predicted molar refractivity (Wildman–Crippen MR) is 127 cm³/mol. The van der Waals surface area contributed by atoms with Gasteiger partial charge in [-0.3, -0.25) is 0 Å². The van der Waals surface area contributed by atoms with E-state index in [1.165, 1.54) is 62.5 Å². The fraction of sp³-hybridized carbons (Fsp3) is 0.704. The number of nitrogens with one attached hydrogen (secondary N) is 1. The zero-order valence-corrected chi connectivity index (χ0v) is 19.9. The average Bonchev–Trinajstić information content (AvgIpc) is 2.65. The van der Waals surface area contributed by atoms with Crippen LogP contribution in [-0.4, -0.2) is 7.05 Å². The highest BCUT2D eigenvalue weighted by molar-refractivity contribution is 5.26. The van der Waals surface area contributed by atoms with Gasteiger partial charge in [-0.1, -0.05) is 104 Å². The zero-order valence-electron chi connectivity index (χ0n) is 19.9. The van der Waals surface area contributed by atoms with Crippen LogP contribution in [0.1, 0.15) is 104 Å². The molecule has 0 aliphatic heterocycles. The second kappa shape index (κ2) is 13.2. The molecule has 1 nitrogen and oxygen atoms in total. The summed E-state index contributed by atoms with van der Waals surface area (Å²) in [6, 6.07) is 9.74. The summed E-state index contributed by atoms with van der Waals surface area (Å²) in [5.74, 6) is 1.65. The van der Waals surface area contributed by atoms with Gasteiger partial charge in [0.25, 0.3) is 0 Å². The number of benzene rings is 1. The van der Waals surface area contributed by atoms with Crippen molar-refractivity contribution in [3.8, 4) is 0 Å². The largest absolute Gasteiger partial charge is 0.313 e. The smallest absolute Gasteiger partial charge is 0.0366 e. The monoisotopic (exact) mass is 385 g/mol. The van der Waals surface area contributed by atoms with Gasteiger partial charge in [-0.2, -0.15) is 0 Å². The summed E-state index contributed by atoms with van der Waals surface area (Å²) in [5.41, 5.74) is 3.11. The van der Waals surface area contributed by atoms with Crippen LogP contribution in [0.15, 0.2) is 36.4 Å². The Balaban J connectivity index is 2.46. The molecule has 0 saturated carbocycles. The molecule has 1 aromatic rings. The van der Waals surface area contributed by atoms with Crippen LogP contribution in [0.3, 0.4) is 0 Å². The van der Waals surface area contributed by atoms with Crippen molar-refractivity contribution >= 4 is 0 Å². The van der Waals surface area contributed by atoms with Crippen molar-refractivity contribution in [2.75, 3.05) is 7.05 Å². The molecular weight excluding hydrogens is 338 g/mol. The molecule has 28 heavy (non-hydrogen) atoms. The van der Waals surface area contributed by atoms with Gasteiger partial charge in [-0.25, -0.2) is 0 Å². The minimum atomic E-state index is 0.227. The van der Waals surface area contributed by atoms with E-state index in [1.807, 2.05) is 0 Å². The second-order valence-corrected chi connectivity index (χ2v) is 9.83. The molecule has 0 heterocycles. The van der Waals surface area contributed by atoms with Crippen molar-refractivity contribution in [2.45, 2.75) is 99.0 Å². The maximum absolute atomic E-state index is 3.48. The Bertz CT molecular complexity index is 534. The standard InChI is InChI=1S/C27H47N/c1-8-10-11-12-13-14-23(9-2)16-15-22(3)21-24-17-19-25(20-18-24)26(28-7)27(4,5)6/h11-12,17-20,22-23,26,28H,8-10,13-16,21H2,1-7H3. The molecule has 1 N–H and O–H groups in total. The molecule has 0 aromatic heterocycles. The van der Waals surface area contributed by atoms with Gasteiger partial charge in [0.15, 0.2) is 0 Å². The molecule has 0 spiro atoms. The van der Waals surface area contributed by atoms with Crippen molar-refractivity contribution in [2.24, 2.45) is 17.3 Å². The Hall–Kier alpha value is -1.08. The first-order valence-corrected chi connectivity index (χ1v) is 11.7. The van der Waals surface area contributed by atoms with E-state index >= 15 is 0 Å². The third kappa shape index (κ3) is 9.41. The lowest BCUT2D eigenvalue weighted by Gasteiger charge is -2.31. The maximum Gasteiger partial charge on any atom is 0.0366 e. The van der Waals surface area contributed by atoms with Crippen LogP contribution in [0.2, 0.25) is 0 Å². The Kier molecular flexibility index (Phi) is 11.8. The van der Waals surface area contributed by atoms with Crippen molar-refractivity contribution in [1.29, 1.82) is 0 Å². The van der Waals surface area contributed by atoms with Gasteiger partial charge >= 0.3 is 0 Å². The molecule has 1 aromatic carbocycles. The lowest BCUT2D eigenvalue weighted by Crippen LogP contribution is -2.29. The van der Waals surface area contributed by atoms with Crippen molar-refractivity contribution < 1.29 is 0 Å². The number of unbranched alkanes of at least 4 members (excludes halogenated alkanes) is 1. The van der Waals surface area contributed by atoms with Crippen molar-refractivity contribution in [1.82, 2.24) is 5.32 Å². The third-order valence-corrected chi connectivity index (χ3v) is 6.06. The maximum atomic E-state index is 3.48. The molecule has 160 valence electrons. The molecule has 0 radical (unpaired) electrons. The van der Waals surface area contributed by atoms with Crippen molar-refractivity contribution in [3.63, 3.8) is 0 Å². The highest BCUT2D eigenvalue weighted by Gasteiger charge is 2.24. The lowest BCUT2D eigenvalue weighted by molar-refractivity contribution is 0.287. The molecule has 3 atom stereocenters. The van der Waals surface area contributed by atoms with E-state index in [2.05, 4.69) is 90.3 Å². The molecule has 3 unspecified atom stereocenters. The van der Waals surface area contributed by atoms with E-state index in [0.717, 1.165) is 11.8 Å². The summed E-state index contributed by atoms with van der Waals surface area (Å²) in [4.78, 5) is 0. The Labute approximate surface area is 176 Å². The minimum Gasteiger partial charge on any atom is -0.313 e. The Morgan fingerprint density at radius 3 is 2.11 bits per heavy atom. The van der Waals surface area contributed by atoms with Crippen LogP contribution < -0.4 is 5.32 Å². The van der Waals surface area contributed by atoms with E-state index in [4.69, 9.17) is 0 Å². The van der Waals surface area contributed by atoms with Crippen LogP contribution in [0.5, 0.6) is 0 Å². The predicted octanol–water partition coefficient (Wildman–Crippen LogP) is 8.11. The SMILES string of the molecule is CCCC=CCCC(CC)CCC(C)Cc1ccc(C(NC)C(C)(C)C)cc1. The van der Waals surface area contributed by atoms with Gasteiger partial charge in [0, 0.05) is 6.04 Å². The number of rotatable bonds is 13. The van der Waals surface area contributed by atoms with Crippen LogP contribution in [0, 0.1) is 17.3 Å². The van der Waals surface area contributed by atoms with Gasteiger partial charge in [-0.05, 0) is 61.1 Å². The first-order valence-electron chi connectivity index (χ1n) is 11.7. The molecule has 0 aliphatic rings. The van der Waals surface area contributed by atoms with E-state index in [9.17, 15) is 0 Å². The summed E-state index contributed by atoms with van der Waals surface area (Å²) >= 11 is 0. The highest BCUT2D eigenvalue weighted by atomic mass is 14.9. The number of hydrogen-bond acceptors (Lipinski definition) is 1. The van der Waals surface area contributed by atoms with Gasteiger partial charge in [0.2, 0.25) is 0 Å². The molecule has 1 heteroatoms. The number of hydrogen-bond donors (Lipinski definition) is 1. The summed E-state index contributed by atoms with van der Waals surface area (Å²) in [7, 11) is 2.07. The fourth-order valence-corrected chi connectivity index (χ4v) is 4.26. The van der Waals surface area contributed by atoms with E-state index in [0.29, 0.717) is 6.04 Å².